The average Bonchev–Trinajstić information content (AvgIpc) is 2.83. The fraction of sp³-hybridized carbons (Fsp3) is 0.778. The molecular weight excluding hydrogens is 452 g/mol. The molecule has 200 valence electrons. The highest BCUT2D eigenvalue weighted by molar-refractivity contribution is 7.86. The minimum absolute atomic E-state index is 0.220. The van der Waals surface area contributed by atoms with Crippen LogP contribution in [0, 0.1) is 6.92 Å². The van der Waals surface area contributed by atoms with Crippen LogP contribution >= 0.6 is 0 Å². The van der Waals surface area contributed by atoms with Crippen LogP contribution in [0.5, 0.6) is 0 Å². The van der Waals surface area contributed by atoms with Crippen molar-refractivity contribution in [3.8, 4) is 0 Å². The van der Waals surface area contributed by atoms with Crippen molar-refractivity contribution in [3.63, 3.8) is 0 Å². The third kappa shape index (κ3) is 20.4. The van der Waals surface area contributed by atoms with E-state index in [1.165, 1.54) is 32.1 Å². The summed E-state index contributed by atoms with van der Waals surface area (Å²) in [6.07, 6.45) is 12.9. The van der Waals surface area contributed by atoms with Crippen LogP contribution in [0.15, 0.2) is 29.2 Å². The Morgan fingerprint density at radius 1 is 0.647 bits per heavy atom. The molecule has 0 atom stereocenters. The standard InChI is InChI=1S/C17H28O4S.C10H22O2/c1-3-4-6-13-20-14-7-5-8-15-21-22(18,19)17-11-9-16(2)10-12-17;1-2-3-6-9-12-10-7-4-5-8-11/h9-12H,3-8,13-15H2,1-2H3;11H,2-10H2,1H3. The van der Waals surface area contributed by atoms with E-state index in [4.69, 9.17) is 18.8 Å². The second-order valence-corrected chi connectivity index (χ2v) is 10.2. The Morgan fingerprint density at radius 2 is 1.09 bits per heavy atom. The van der Waals surface area contributed by atoms with Crippen LogP contribution < -0.4 is 0 Å². The highest BCUT2D eigenvalue weighted by Crippen LogP contribution is 2.14. The van der Waals surface area contributed by atoms with Gasteiger partial charge in [0.2, 0.25) is 0 Å². The molecule has 0 unspecified atom stereocenters. The minimum Gasteiger partial charge on any atom is -0.396 e. The van der Waals surface area contributed by atoms with Gasteiger partial charge < -0.3 is 14.6 Å². The lowest BCUT2D eigenvalue weighted by molar-refractivity contribution is 0.124. The lowest BCUT2D eigenvalue weighted by atomic mass is 10.2. The van der Waals surface area contributed by atoms with Gasteiger partial charge in [-0.1, -0.05) is 57.2 Å². The SMILES string of the molecule is CCCCCOCCCCCO.CCCCCOCCCCCOS(=O)(=O)c1ccc(C)cc1. The Balaban J connectivity index is 0.000000770. The lowest BCUT2D eigenvalue weighted by Gasteiger charge is -2.06. The zero-order valence-electron chi connectivity index (χ0n) is 21.9. The van der Waals surface area contributed by atoms with Crippen molar-refractivity contribution < 1.29 is 27.2 Å². The van der Waals surface area contributed by atoms with Gasteiger partial charge in [-0.05, 0) is 70.4 Å². The quantitative estimate of drug-likeness (QED) is 0.154. The maximum atomic E-state index is 11.9. The van der Waals surface area contributed by atoms with Crippen LogP contribution in [0.2, 0.25) is 0 Å². The molecule has 6 nitrogen and oxygen atoms in total. The zero-order valence-corrected chi connectivity index (χ0v) is 22.8. The van der Waals surface area contributed by atoms with Crippen molar-refractivity contribution in [2.45, 2.75) is 103 Å². The first-order valence-electron chi connectivity index (χ1n) is 13.2. The summed E-state index contributed by atoms with van der Waals surface area (Å²) in [5, 5.41) is 8.50. The number of ether oxygens (including phenoxy) is 2. The van der Waals surface area contributed by atoms with Crippen molar-refractivity contribution in [1.82, 2.24) is 0 Å². The molecule has 0 aliphatic heterocycles. The van der Waals surface area contributed by atoms with Crippen LogP contribution in [0.25, 0.3) is 0 Å². The molecule has 1 aromatic carbocycles. The monoisotopic (exact) mass is 502 g/mol. The van der Waals surface area contributed by atoms with Crippen molar-refractivity contribution in [1.29, 1.82) is 0 Å². The zero-order chi connectivity index (χ0) is 25.3. The van der Waals surface area contributed by atoms with E-state index >= 15 is 0 Å². The van der Waals surface area contributed by atoms with E-state index in [0.29, 0.717) is 6.61 Å². The summed E-state index contributed by atoms with van der Waals surface area (Å²) in [7, 11) is -3.62. The van der Waals surface area contributed by atoms with Gasteiger partial charge in [-0.2, -0.15) is 8.42 Å². The largest absolute Gasteiger partial charge is 0.396 e. The normalized spacial score (nSPS) is 11.3. The van der Waals surface area contributed by atoms with Gasteiger partial charge in [0.25, 0.3) is 10.1 Å². The van der Waals surface area contributed by atoms with Gasteiger partial charge in [0.1, 0.15) is 0 Å². The maximum absolute atomic E-state index is 11.9. The molecule has 0 fully saturated rings. The molecule has 34 heavy (non-hydrogen) atoms. The second kappa shape index (κ2) is 23.7. The van der Waals surface area contributed by atoms with Gasteiger partial charge in [-0.25, -0.2) is 0 Å². The van der Waals surface area contributed by atoms with Gasteiger partial charge in [-0.15, -0.1) is 0 Å². The van der Waals surface area contributed by atoms with E-state index in [2.05, 4.69) is 13.8 Å². The van der Waals surface area contributed by atoms with Crippen molar-refractivity contribution in [2.75, 3.05) is 39.6 Å². The molecular formula is C27H50O6S. The molecule has 0 heterocycles. The van der Waals surface area contributed by atoms with Crippen LogP contribution in [0.3, 0.4) is 0 Å². The van der Waals surface area contributed by atoms with E-state index < -0.39 is 10.1 Å². The number of hydrogen-bond acceptors (Lipinski definition) is 6. The van der Waals surface area contributed by atoms with Crippen LogP contribution in [-0.2, 0) is 23.8 Å². The Labute approximate surface area is 209 Å². The predicted octanol–water partition coefficient (Wildman–Crippen LogP) is 6.43. The maximum Gasteiger partial charge on any atom is 0.296 e. The van der Waals surface area contributed by atoms with Gasteiger partial charge in [-0.3, -0.25) is 4.18 Å². The molecule has 0 aliphatic carbocycles. The molecule has 1 N–H and O–H groups in total. The van der Waals surface area contributed by atoms with Gasteiger partial charge in [0.15, 0.2) is 0 Å². The van der Waals surface area contributed by atoms with E-state index in [1.54, 1.807) is 24.3 Å². The van der Waals surface area contributed by atoms with E-state index in [9.17, 15) is 8.42 Å². The van der Waals surface area contributed by atoms with Gasteiger partial charge in [0, 0.05) is 33.0 Å². The summed E-state index contributed by atoms with van der Waals surface area (Å²) in [5.41, 5.74) is 1.03. The lowest BCUT2D eigenvalue weighted by Crippen LogP contribution is -2.08. The predicted molar refractivity (Wildman–Crippen MR) is 140 cm³/mol. The molecule has 0 spiro atoms. The molecule has 0 aliphatic rings. The minimum atomic E-state index is -3.62. The topological polar surface area (TPSA) is 82.1 Å². The van der Waals surface area contributed by atoms with E-state index in [1.807, 2.05) is 6.92 Å². The fourth-order valence-electron chi connectivity index (χ4n) is 3.03. The third-order valence-electron chi connectivity index (χ3n) is 5.21. The second-order valence-electron chi connectivity index (χ2n) is 8.57. The number of aryl methyl sites for hydroxylation is 1. The van der Waals surface area contributed by atoms with Crippen molar-refractivity contribution in [3.05, 3.63) is 29.8 Å². The van der Waals surface area contributed by atoms with E-state index in [0.717, 1.165) is 76.9 Å². The van der Waals surface area contributed by atoms with Crippen LogP contribution in [0.1, 0.15) is 96.5 Å². The Bertz CT molecular complexity index is 636. The highest BCUT2D eigenvalue weighted by atomic mass is 32.2. The smallest absolute Gasteiger partial charge is 0.296 e. The first-order chi connectivity index (χ1) is 16.5. The molecule has 1 aromatic rings. The van der Waals surface area contributed by atoms with Crippen LogP contribution in [0.4, 0.5) is 0 Å². The number of hydrogen-bond donors (Lipinski definition) is 1. The Kier molecular flexibility index (Phi) is 23.0. The molecule has 0 amide bonds. The number of unbranched alkanes of at least 4 members (excludes halogenated alkanes) is 8. The molecule has 0 bridgehead atoms. The van der Waals surface area contributed by atoms with Crippen LogP contribution in [-0.4, -0.2) is 53.2 Å². The van der Waals surface area contributed by atoms with Gasteiger partial charge in [0.05, 0.1) is 11.5 Å². The average molecular weight is 503 g/mol. The molecule has 0 aromatic heterocycles. The molecule has 0 saturated heterocycles. The number of aliphatic hydroxyl groups is 1. The summed E-state index contributed by atoms with van der Waals surface area (Å²) in [5.74, 6) is 0. The number of rotatable bonds is 21. The first-order valence-corrected chi connectivity index (χ1v) is 14.6. The van der Waals surface area contributed by atoms with Gasteiger partial charge >= 0.3 is 0 Å². The first kappa shape index (κ1) is 33.0. The third-order valence-corrected chi connectivity index (χ3v) is 6.54. The summed E-state index contributed by atoms with van der Waals surface area (Å²) in [4.78, 5) is 0.220. The Morgan fingerprint density at radius 3 is 1.56 bits per heavy atom. The molecule has 1 rings (SSSR count). The molecule has 0 saturated carbocycles. The summed E-state index contributed by atoms with van der Waals surface area (Å²) in [6, 6.07) is 6.70. The number of aliphatic hydroxyl groups excluding tert-OH is 1. The molecule has 0 radical (unpaired) electrons. The number of benzene rings is 1. The fourth-order valence-corrected chi connectivity index (χ4v) is 3.97. The highest BCUT2D eigenvalue weighted by Gasteiger charge is 2.14. The summed E-state index contributed by atoms with van der Waals surface area (Å²) >= 11 is 0. The van der Waals surface area contributed by atoms with Crippen molar-refractivity contribution >= 4 is 10.1 Å². The summed E-state index contributed by atoms with van der Waals surface area (Å²) in [6.45, 7) is 10.2. The molecule has 7 heteroatoms. The van der Waals surface area contributed by atoms with E-state index in [-0.39, 0.29) is 11.5 Å². The van der Waals surface area contributed by atoms with Crippen molar-refractivity contribution in [2.24, 2.45) is 0 Å². The summed E-state index contributed by atoms with van der Waals surface area (Å²) < 4.78 is 39.8. The Hall–Kier alpha value is -0.990.